The Bertz CT molecular complexity index is 306. The first kappa shape index (κ1) is 11.4. The molecule has 16 heavy (non-hydrogen) atoms. The van der Waals surface area contributed by atoms with Gasteiger partial charge in [0, 0.05) is 18.5 Å². The van der Waals surface area contributed by atoms with Crippen molar-refractivity contribution in [2.24, 2.45) is 0 Å². The molecule has 2 saturated heterocycles. The molecule has 2 aliphatic heterocycles. The molecule has 2 fully saturated rings. The largest absolute Gasteiger partial charge is 0.468 e. The Morgan fingerprint density at radius 3 is 2.88 bits per heavy atom. The summed E-state index contributed by atoms with van der Waals surface area (Å²) in [6.07, 6.45) is 2.33. The summed E-state index contributed by atoms with van der Waals surface area (Å²) >= 11 is 0. The van der Waals surface area contributed by atoms with E-state index in [1.165, 1.54) is 7.11 Å². The van der Waals surface area contributed by atoms with Crippen LogP contribution < -0.4 is 5.32 Å². The molecule has 0 radical (unpaired) electrons. The van der Waals surface area contributed by atoms with Crippen molar-refractivity contribution in [1.82, 2.24) is 10.2 Å². The summed E-state index contributed by atoms with van der Waals surface area (Å²) in [6.45, 7) is 2.87. The number of rotatable bonds is 2. The molecule has 5 heteroatoms. The fourth-order valence-electron chi connectivity index (χ4n) is 2.76. The van der Waals surface area contributed by atoms with E-state index in [0.29, 0.717) is 6.42 Å². The molecule has 3 atom stereocenters. The van der Waals surface area contributed by atoms with Crippen molar-refractivity contribution in [3.05, 3.63) is 0 Å². The zero-order valence-corrected chi connectivity index (χ0v) is 9.73. The summed E-state index contributed by atoms with van der Waals surface area (Å²) in [5.41, 5.74) is 0. The monoisotopic (exact) mass is 226 g/mol. The Kier molecular flexibility index (Phi) is 3.14. The van der Waals surface area contributed by atoms with Gasteiger partial charge in [-0.25, -0.2) is 0 Å². The van der Waals surface area contributed by atoms with E-state index in [1.807, 2.05) is 6.92 Å². The summed E-state index contributed by atoms with van der Waals surface area (Å²) in [7, 11) is 1.42. The third kappa shape index (κ3) is 1.91. The van der Waals surface area contributed by atoms with E-state index in [4.69, 9.17) is 4.74 Å². The van der Waals surface area contributed by atoms with E-state index in [9.17, 15) is 9.59 Å². The van der Waals surface area contributed by atoms with E-state index in [0.717, 1.165) is 19.4 Å². The van der Waals surface area contributed by atoms with Gasteiger partial charge in [-0.3, -0.25) is 14.5 Å². The van der Waals surface area contributed by atoms with Gasteiger partial charge in [0.15, 0.2) is 0 Å². The summed E-state index contributed by atoms with van der Waals surface area (Å²) in [6, 6.07) is 0.0991. The van der Waals surface area contributed by atoms with Crippen LogP contribution in [0.25, 0.3) is 0 Å². The van der Waals surface area contributed by atoms with Gasteiger partial charge in [0.05, 0.1) is 7.11 Å². The number of methoxy groups -OCH3 is 1. The van der Waals surface area contributed by atoms with Crippen LogP contribution in [0.1, 0.15) is 26.2 Å². The van der Waals surface area contributed by atoms with Gasteiger partial charge in [-0.15, -0.1) is 0 Å². The van der Waals surface area contributed by atoms with Gasteiger partial charge in [0.2, 0.25) is 5.91 Å². The van der Waals surface area contributed by atoms with Gasteiger partial charge >= 0.3 is 5.97 Å². The zero-order chi connectivity index (χ0) is 11.7. The van der Waals surface area contributed by atoms with Crippen LogP contribution in [0.2, 0.25) is 0 Å². The summed E-state index contributed by atoms with van der Waals surface area (Å²) < 4.78 is 4.80. The molecular formula is C11H18N2O3. The van der Waals surface area contributed by atoms with Gasteiger partial charge in [-0.05, 0) is 26.3 Å². The number of likely N-dealkylation sites (tertiary alicyclic amines) is 1. The second kappa shape index (κ2) is 4.41. The summed E-state index contributed by atoms with van der Waals surface area (Å²) in [4.78, 5) is 25.0. The van der Waals surface area contributed by atoms with Crippen molar-refractivity contribution < 1.29 is 14.3 Å². The maximum atomic E-state index is 11.6. The molecule has 0 aromatic rings. The first-order valence-corrected chi connectivity index (χ1v) is 5.76. The number of hydrogen-bond donors (Lipinski definition) is 1. The minimum Gasteiger partial charge on any atom is -0.468 e. The lowest BCUT2D eigenvalue weighted by atomic mass is 10.1. The van der Waals surface area contributed by atoms with Crippen molar-refractivity contribution in [3.63, 3.8) is 0 Å². The molecule has 2 heterocycles. The number of nitrogens with one attached hydrogen (secondary N) is 1. The van der Waals surface area contributed by atoms with E-state index >= 15 is 0 Å². The normalized spacial score (nSPS) is 35.1. The average molecular weight is 226 g/mol. The molecule has 2 rings (SSSR count). The number of esters is 1. The van der Waals surface area contributed by atoms with Crippen LogP contribution in [-0.4, -0.2) is 48.6 Å². The highest BCUT2D eigenvalue weighted by molar-refractivity contribution is 5.80. The highest BCUT2D eigenvalue weighted by Crippen LogP contribution is 2.26. The summed E-state index contributed by atoms with van der Waals surface area (Å²) in [5, 5.41) is 2.89. The summed E-state index contributed by atoms with van der Waals surface area (Å²) in [5.74, 6) is -0.0999. The van der Waals surface area contributed by atoms with Crippen LogP contribution in [-0.2, 0) is 14.3 Å². The molecule has 90 valence electrons. The van der Waals surface area contributed by atoms with E-state index in [1.54, 1.807) is 0 Å². The van der Waals surface area contributed by atoms with Gasteiger partial charge in [0.25, 0.3) is 0 Å². The SMILES string of the molecule is COC(=O)[C@@H]1CCCN1C1CC(=O)N[C@H]1C. The fourth-order valence-corrected chi connectivity index (χ4v) is 2.76. The van der Waals surface area contributed by atoms with Crippen molar-refractivity contribution in [2.75, 3.05) is 13.7 Å². The van der Waals surface area contributed by atoms with Gasteiger partial charge < -0.3 is 10.1 Å². The Labute approximate surface area is 95.1 Å². The molecule has 0 spiro atoms. The van der Waals surface area contributed by atoms with Gasteiger partial charge in [0.1, 0.15) is 6.04 Å². The Hall–Kier alpha value is -1.10. The molecule has 0 saturated carbocycles. The van der Waals surface area contributed by atoms with Crippen LogP contribution in [0, 0.1) is 0 Å². The molecule has 5 nitrogen and oxygen atoms in total. The molecule has 0 bridgehead atoms. The average Bonchev–Trinajstić information content (AvgIpc) is 2.83. The molecule has 2 aliphatic rings. The quantitative estimate of drug-likeness (QED) is 0.668. The van der Waals surface area contributed by atoms with Crippen LogP contribution in [0.4, 0.5) is 0 Å². The van der Waals surface area contributed by atoms with Crippen molar-refractivity contribution in [2.45, 2.75) is 44.3 Å². The second-order valence-corrected chi connectivity index (χ2v) is 4.55. The van der Waals surface area contributed by atoms with Crippen LogP contribution in [0.5, 0.6) is 0 Å². The maximum Gasteiger partial charge on any atom is 0.323 e. The Balaban J connectivity index is 2.08. The van der Waals surface area contributed by atoms with E-state index in [2.05, 4.69) is 10.2 Å². The molecular weight excluding hydrogens is 208 g/mol. The van der Waals surface area contributed by atoms with Crippen LogP contribution >= 0.6 is 0 Å². The third-order valence-corrected chi connectivity index (χ3v) is 3.55. The third-order valence-electron chi connectivity index (χ3n) is 3.55. The fraction of sp³-hybridized carbons (Fsp3) is 0.818. The number of ether oxygens (including phenoxy) is 1. The lowest BCUT2D eigenvalue weighted by Gasteiger charge is -2.30. The van der Waals surface area contributed by atoms with Crippen molar-refractivity contribution >= 4 is 11.9 Å². The lowest BCUT2D eigenvalue weighted by Crippen LogP contribution is -2.48. The van der Waals surface area contributed by atoms with E-state index < -0.39 is 0 Å². The molecule has 1 unspecified atom stereocenters. The second-order valence-electron chi connectivity index (χ2n) is 4.55. The smallest absolute Gasteiger partial charge is 0.323 e. The predicted octanol–water partition coefficient (Wildman–Crippen LogP) is -0.0992. The molecule has 1 N–H and O–H groups in total. The van der Waals surface area contributed by atoms with Crippen molar-refractivity contribution in [1.29, 1.82) is 0 Å². The van der Waals surface area contributed by atoms with Gasteiger partial charge in [-0.1, -0.05) is 0 Å². The zero-order valence-electron chi connectivity index (χ0n) is 9.73. The number of hydrogen-bond acceptors (Lipinski definition) is 4. The molecule has 1 amide bonds. The highest BCUT2D eigenvalue weighted by Gasteiger charge is 2.41. The minimum atomic E-state index is -0.177. The molecule has 0 aromatic heterocycles. The maximum absolute atomic E-state index is 11.6. The van der Waals surface area contributed by atoms with E-state index in [-0.39, 0.29) is 30.0 Å². The minimum absolute atomic E-state index is 0.0769. The van der Waals surface area contributed by atoms with Crippen LogP contribution in [0.15, 0.2) is 0 Å². The number of carbonyl (C=O) groups excluding carboxylic acids is 2. The first-order valence-electron chi connectivity index (χ1n) is 5.76. The number of amides is 1. The number of carbonyl (C=O) groups is 2. The van der Waals surface area contributed by atoms with Crippen LogP contribution in [0.3, 0.4) is 0 Å². The number of nitrogens with zero attached hydrogens (tertiary/aromatic N) is 1. The topological polar surface area (TPSA) is 58.6 Å². The van der Waals surface area contributed by atoms with Crippen molar-refractivity contribution in [3.8, 4) is 0 Å². The molecule has 0 aromatic carbocycles. The van der Waals surface area contributed by atoms with Gasteiger partial charge in [-0.2, -0.15) is 0 Å². The standard InChI is InChI=1S/C11H18N2O3/c1-7-9(6-10(14)12-7)13-5-3-4-8(13)11(15)16-2/h7-9H,3-6H2,1-2H3,(H,12,14)/t7-,8-,9?/m0/s1. The Morgan fingerprint density at radius 2 is 2.31 bits per heavy atom. The lowest BCUT2D eigenvalue weighted by molar-refractivity contribution is -0.146. The highest BCUT2D eigenvalue weighted by atomic mass is 16.5. The molecule has 0 aliphatic carbocycles. The Morgan fingerprint density at radius 1 is 1.56 bits per heavy atom. The first-order chi connectivity index (χ1) is 7.63. The predicted molar refractivity (Wildman–Crippen MR) is 57.8 cm³/mol.